The molecule has 0 aliphatic heterocycles. The van der Waals surface area contributed by atoms with Crippen LogP contribution in [0.2, 0.25) is 0 Å². The van der Waals surface area contributed by atoms with Gasteiger partial charge in [-0.3, -0.25) is 0 Å². The molecule has 0 rings (SSSR count). The Balaban J connectivity index is 3.33. The monoisotopic (exact) mass is 100 g/mol. The van der Waals surface area contributed by atoms with Crippen molar-refractivity contribution in [1.82, 2.24) is 0 Å². The van der Waals surface area contributed by atoms with Crippen molar-refractivity contribution in [3.8, 4) is 0 Å². The Labute approximate surface area is 44.7 Å². The van der Waals surface area contributed by atoms with Crippen molar-refractivity contribution in [2.24, 2.45) is 11.8 Å². The average Bonchev–Trinajstić information content (AvgIpc) is 1.65. The first-order chi connectivity index (χ1) is 3.18. The molecule has 0 aliphatic rings. The molecule has 0 amide bonds. The third-order valence-corrected chi connectivity index (χ3v) is 1.27. The number of hydrogen-bond donors (Lipinski definition) is 0. The summed E-state index contributed by atoms with van der Waals surface area (Å²) in [6, 6.07) is 0. The van der Waals surface area contributed by atoms with Gasteiger partial charge in [-0.25, -0.2) is 0 Å². The summed E-state index contributed by atoms with van der Waals surface area (Å²) in [4.78, 5) is 9.95. The first-order valence-electron chi connectivity index (χ1n) is 2.63. The first kappa shape index (κ1) is 6.67. The third-order valence-electron chi connectivity index (χ3n) is 1.27. The molecule has 0 bridgehead atoms. The van der Waals surface area contributed by atoms with Gasteiger partial charge in [-0.1, -0.05) is 20.8 Å². The van der Waals surface area contributed by atoms with E-state index < -0.39 is 0 Å². The van der Waals surface area contributed by atoms with Gasteiger partial charge in [0.1, 0.15) is 6.29 Å². The quantitative estimate of drug-likeness (QED) is 0.480. The van der Waals surface area contributed by atoms with E-state index in [1.807, 2.05) is 20.8 Å². The highest BCUT2D eigenvalue weighted by Crippen LogP contribution is 2.04. The zero-order chi connectivity index (χ0) is 5.86. The van der Waals surface area contributed by atoms with Gasteiger partial charge in [-0.05, 0) is 5.92 Å². The van der Waals surface area contributed by atoms with Gasteiger partial charge in [0.05, 0.1) is 0 Å². The number of carbonyl (C=O) groups excluding carboxylic acids is 1. The summed E-state index contributed by atoms with van der Waals surface area (Å²) >= 11 is 0. The Bertz CT molecular complexity index is 57.2. The van der Waals surface area contributed by atoms with Gasteiger partial charge in [0.2, 0.25) is 0 Å². The molecule has 0 aromatic heterocycles. The van der Waals surface area contributed by atoms with Crippen molar-refractivity contribution < 1.29 is 4.79 Å². The highest BCUT2D eigenvalue weighted by Gasteiger charge is 2.02. The summed E-state index contributed by atoms with van der Waals surface area (Å²) < 4.78 is 0. The summed E-state index contributed by atoms with van der Waals surface area (Å²) in [5.41, 5.74) is 0. The van der Waals surface area contributed by atoms with Gasteiger partial charge >= 0.3 is 0 Å². The van der Waals surface area contributed by atoms with Crippen molar-refractivity contribution >= 4 is 6.29 Å². The lowest BCUT2D eigenvalue weighted by Gasteiger charge is -2.04. The molecule has 0 fully saturated rings. The molecule has 1 heteroatoms. The number of rotatable bonds is 2. The molecular formula is C6H12O. The lowest BCUT2D eigenvalue weighted by atomic mass is 10.0. The van der Waals surface area contributed by atoms with E-state index >= 15 is 0 Å². The largest absolute Gasteiger partial charge is 0.303 e. The topological polar surface area (TPSA) is 17.1 Å². The summed E-state index contributed by atoms with van der Waals surface area (Å²) in [5.74, 6) is 0.720. The van der Waals surface area contributed by atoms with Crippen LogP contribution in [-0.2, 0) is 4.79 Å². The van der Waals surface area contributed by atoms with E-state index in [1.165, 1.54) is 0 Å². The van der Waals surface area contributed by atoms with Crippen molar-refractivity contribution in [2.75, 3.05) is 0 Å². The second-order valence-corrected chi connectivity index (χ2v) is 2.24. The molecule has 1 atom stereocenters. The minimum atomic E-state index is 0.222. The minimum absolute atomic E-state index is 0.222. The molecule has 0 saturated heterocycles. The maximum atomic E-state index is 9.95. The maximum absolute atomic E-state index is 9.95. The first-order valence-corrected chi connectivity index (χ1v) is 2.63. The van der Waals surface area contributed by atoms with Crippen LogP contribution in [0.15, 0.2) is 0 Å². The second kappa shape index (κ2) is 2.78. The molecule has 0 aromatic rings. The molecule has 0 heterocycles. The van der Waals surface area contributed by atoms with Gasteiger partial charge in [0.25, 0.3) is 0 Å². The van der Waals surface area contributed by atoms with Gasteiger partial charge in [0, 0.05) is 5.92 Å². The van der Waals surface area contributed by atoms with E-state index in [1.54, 1.807) is 0 Å². The van der Waals surface area contributed by atoms with Crippen LogP contribution in [0.25, 0.3) is 0 Å². The molecular weight excluding hydrogens is 88.1 g/mol. The van der Waals surface area contributed by atoms with E-state index in [-0.39, 0.29) is 5.92 Å². The molecule has 7 heavy (non-hydrogen) atoms. The standard InChI is InChI=1S/C6H12O/c1-5(2)6(3)4-7/h4-6H,1-3H3/t6-/m0/s1. The Morgan fingerprint density at radius 2 is 1.71 bits per heavy atom. The van der Waals surface area contributed by atoms with Crippen molar-refractivity contribution in [1.29, 1.82) is 0 Å². The van der Waals surface area contributed by atoms with Gasteiger partial charge in [-0.2, -0.15) is 0 Å². The predicted octanol–water partition coefficient (Wildman–Crippen LogP) is 1.48. The van der Waals surface area contributed by atoms with Crippen LogP contribution >= 0.6 is 0 Å². The van der Waals surface area contributed by atoms with E-state index in [0.29, 0.717) is 5.92 Å². The number of carbonyl (C=O) groups is 1. The van der Waals surface area contributed by atoms with Crippen LogP contribution in [0.5, 0.6) is 0 Å². The fourth-order valence-electron chi connectivity index (χ4n) is 0.157. The zero-order valence-electron chi connectivity index (χ0n) is 5.14. The van der Waals surface area contributed by atoms with Crippen LogP contribution in [0.4, 0.5) is 0 Å². The Kier molecular flexibility index (Phi) is 2.65. The van der Waals surface area contributed by atoms with Crippen LogP contribution < -0.4 is 0 Å². The van der Waals surface area contributed by atoms with E-state index in [2.05, 4.69) is 0 Å². The second-order valence-electron chi connectivity index (χ2n) is 2.24. The van der Waals surface area contributed by atoms with E-state index in [4.69, 9.17) is 0 Å². The molecule has 0 spiro atoms. The molecule has 1 nitrogen and oxygen atoms in total. The highest BCUT2D eigenvalue weighted by atomic mass is 16.1. The fraction of sp³-hybridized carbons (Fsp3) is 0.833. The van der Waals surface area contributed by atoms with Gasteiger partial charge in [-0.15, -0.1) is 0 Å². The fourth-order valence-corrected chi connectivity index (χ4v) is 0.157. The molecule has 42 valence electrons. The molecule has 0 N–H and O–H groups in total. The summed E-state index contributed by atoms with van der Waals surface area (Å²) in [7, 11) is 0. The van der Waals surface area contributed by atoms with E-state index in [9.17, 15) is 4.79 Å². The molecule has 0 aliphatic carbocycles. The Morgan fingerprint density at radius 3 is 1.71 bits per heavy atom. The Hall–Kier alpha value is -0.330. The van der Waals surface area contributed by atoms with Crippen LogP contribution in [0.1, 0.15) is 20.8 Å². The number of hydrogen-bond acceptors (Lipinski definition) is 1. The Morgan fingerprint density at radius 1 is 1.29 bits per heavy atom. The van der Waals surface area contributed by atoms with Crippen molar-refractivity contribution in [2.45, 2.75) is 20.8 Å². The number of aldehydes is 1. The molecule has 0 unspecified atom stereocenters. The lowest BCUT2D eigenvalue weighted by Crippen LogP contribution is -2.03. The van der Waals surface area contributed by atoms with Crippen LogP contribution in [0.3, 0.4) is 0 Å². The van der Waals surface area contributed by atoms with Crippen molar-refractivity contribution in [3.05, 3.63) is 0 Å². The summed E-state index contributed by atoms with van der Waals surface area (Å²) in [6.07, 6.45) is 0.991. The molecule has 0 aromatic carbocycles. The van der Waals surface area contributed by atoms with E-state index in [0.717, 1.165) is 6.29 Å². The van der Waals surface area contributed by atoms with Crippen LogP contribution in [0, 0.1) is 11.8 Å². The SMILES string of the molecule is CC(C)[C@@H](C)C=O. The van der Waals surface area contributed by atoms with Crippen molar-refractivity contribution in [3.63, 3.8) is 0 Å². The highest BCUT2D eigenvalue weighted by molar-refractivity contribution is 5.52. The van der Waals surface area contributed by atoms with Gasteiger partial charge < -0.3 is 4.79 Å². The smallest absolute Gasteiger partial charge is 0.123 e. The van der Waals surface area contributed by atoms with Gasteiger partial charge in [0.15, 0.2) is 0 Å². The predicted molar refractivity (Wildman–Crippen MR) is 30.1 cm³/mol. The lowest BCUT2D eigenvalue weighted by molar-refractivity contribution is -0.111. The average molecular weight is 100 g/mol. The summed E-state index contributed by atoms with van der Waals surface area (Å²) in [5, 5.41) is 0. The molecule has 0 radical (unpaired) electrons. The summed E-state index contributed by atoms with van der Waals surface area (Å²) in [6.45, 7) is 6.01. The minimum Gasteiger partial charge on any atom is -0.303 e. The van der Waals surface area contributed by atoms with Crippen LogP contribution in [-0.4, -0.2) is 6.29 Å². The normalized spacial score (nSPS) is 14.3. The third kappa shape index (κ3) is 2.38. The maximum Gasteiger partial charge on any atom is 0.123 e. The molecule has 0 saturated carbocycles. The zero-order valence-corrected chi connectivity index (χ0v) is 5.14.